The Hall–Kier alpha value is -4.34. The Balaban J connectivity index is 1.06. The summed E-state index contributed by atoms with van der Waals surface area (Å²) < 4.78 is 24.2. The Morgan fingerprint density at radius 3 is 2.79 bits per heavy atom. The quantitative estimate of drug-likeness (QED) is 0.197. The van der Waals surface area contributed by atoms with Crippen LogP contribution in [0.15, 0.2) is 75.8 Å². The van der Waals surface area contributed by atoms with Gasteiger partial charge in [0.1, 0.15) is 35.0 Å². The van der Waals surface area contributed by atoms with Crippen LogP contribution in [0.1, 0.15) is 46.7 Å². The third kappa shape index (κ3) is 6.27. The minimum Gasteiger partial charge on any atom is -0.493 e. The van der Waals surface area contributed by atoms with Crippen LogP contribution in [0.2, 0.25) is 0 Å². The molecule has 1 amide bonds. The summed E-state index contributed by atoms with van der Waals surface area (Å²) in [5, 5.41) is 14.9. The van der Waals surface area contributed by atoms with Gasteiger partial charge in [-0.1, -0.05) is 12.1 Å². The Morgan fingerprint density at radius 1 is 1.07 bits per heavy atom. The Labute approximate surface area is 244 Å². The molecule has 5 aromatic rings. The zero-order valence-corrected chi connectivity index (χ0v) is 23.7. The second kappa shape index (κ2) is 12.7. The molecule has 0 radical (unpaired) electrons. The largest absolute Gasteiger partial charge is 0.493 e. The van der Waals surface area contributed by atoms with E-state index in [9.17, 15) is 9.90 Å². The molecular formula is C33H35N3O6. The van der Waals surface area contributed by atoms with Crippen molar-refractivity contribution < 1.29 is 28.2 Å². The molecule has 0 atom stereocenters. The van der Waals surface area contributed by atoms with E-state index in [2.05, 4.69) is 16.4 Å². The number of hydrogen-bond donors (Lipinski definition) is 2. The molecule has 0 saturated carbocycles. The maximum atomic E-state index is 12.9. The second-order valence-electron chi connectivity index (χ2n) is 10.6. The summed E-state index contributed by atoms with van der Waals surface area (Å²) in [4.78, 5) is 18.7. The van der Waals surface area contributed by atoms with Crippen molar-refractivity contribution in [2.75, 3.05) is 26.2 Å². The molecule has 0 spiro atoms. The van der Waals surface area contributed by atoms with Crippen LogP contribution in [-0.4, -0.2) is 53.2 Å². The van der Waals surface area contributed by atoms with Gasteiger partial charge < -0.3 is 33.6 Å². The van der Waals surface area contributed by atoms with E-state index in [0.29, 0.717) is 49.6 Å². The summed E-state index contributed by atoms with van der Waals surface area (Å²) in [6.07, 6.45) is 5.35. The van der Waals surface area contributed by atoms with Crippen LogP contribution in [0.25, 0.3) is 21.9 Å². The number of nitrogens with one attached hydrogen (secondary N) is 1. The lowest BCUT2D eigenvalue weighted by atomic mass is 10.1. The molecule has 2 N–H and O–H groups in total. The van der Waals surface area contributed by atoms with Gasteiger partial charge >= 0.3 is 0 Å². The summed E-state index contributed by atoms with van der Waals surface area (Å²) in [5.74, 6) is 2.32. The molecule has 0 aliphatic carbocycles. The van der Waals surface area contributed by atoms with Gasteiger partial charge in [0, 0.05) is 43.0 Å². The van der Waals surface area contributed by atoms with E-state index >= 15 is 0 Å². The lowest BCUT2D eigenvalue weighted by Crippen LogP contribution is -2.39. The third-order valence-corrected chi connectivity index (χ3v) is 7.64. The third-order valence-electron chi connectivity index (χ3n) is 7.64. The zero-order valence-electron chi connectivity index (χ0n) is 23.7. The van der Waals surface area contributed by atoms with E-state index in [0.717, 1.165) is 58.5 Å². The first kappa shape index (κ1) is 27.8. The number of rotatable bonds is 11. The topological polar surface area (TPSA) is 110 Å². The summed E-state index contributed by atoms with van der Waals surface area (Å²) >= 11 is 0. The van der Waals surface area contributed by atoms with E-state index in [1.807, 2.05) is 55.6 Å². The van der Waals surface area contributed by atoms with Crippen LogP contribution in [-0.2, 0) is 13.2 Å². The number of aliphatic hydroxyl groups excluding tert-OH is 1. The summed E-state index contributed by atoms with van der Waals surface area (Å²) in [5.41, 5.74) is 3.53. The minimum atomic E-state index is -0.338. The average Bonchev–Trinajstić information content (AvgIpc) is 3.59. The predicted molar refractivity (Wildman–Crippen MR) is 159 cm³/mol. The first-order valence-electron chi connectivity index (χ1n) is 14.4. The lowest BCUT2D eigenvalue weighted by Gasteiger charge is -2.28. The molecule has 4 heterocycles. The van der Waals surface area contributed by atoms with Gasteiger partial charge in [0.25, 0.3) is 5.91 Å². The number of fused-ring (bicyclic) bond motifs is 2. The number of hydrogen-bond acceptors (Lipinski definition) is 8. The Bertz CT molecular complexity index is 1650. The molecule has 0 unspecified atom stereocenters. The summed E-state index contributed by atoms with van der Waals surface area (Å²) in [6.45, 7) is 5.54. The van der Waals surface area contributed by atoms with Gasteiger partial charge in [0.05, 0.1) is 18.1 Å². The molecule has 42 heavy (non-hydrogen) atoms. The average molecular weight is 570 g/mol. The maximum absolute atomic E-state index is 12.9. The first-order chi connectivity index (χ1) is 20.5. The van der Waals surface area contributed by atoms with Crippen molar-refractivity contribution in [3.8, 4) is 11.5 Å². The number of furan rings is 2. The van der Waals surface area contributed by atoms with Crippen molar-refractivity contribution in [3.63, 3.8) is 0 Å². The van der Waals surface area contributed by atoms with Crippen LogP contribution in [0, 0.1) is 6.92 Å². The molecule has 2 aromatic carbocycles. The molecule has 3 aromatic heterocycles. The van der Waals surface area contributed by atoms with Crippen molar-refractivity contribution in [2.24, 2.45) is 0 Å². The van der Waals surface area contributed by atoms with E-state index in [1.54, 1.807) is 17.2 Å². The number of benzene rings is 2. The smallest absolute Gasteiger partial charge is 0.289 e. The molecule has 1 saturated heterocycles. The van der Waals surface area contributed by atoms with E-state index in [-0.39, 0.29) is 18.6 Å². The molecule has 218 valence electrons. The van der Waals surface area contributed by atoms with Crippen LogP contribution in [0.3, 0.4) is 0 Å². The van der Waals surface area contributed by atoms with Gasteiger partial charge in [0.2, 0.25) is 0 Å². The summed E-state index contributed by atoms with van der Waals surface area (Å²) in [6, 6.07) is 17.1. The van der Waals surface area contributed by atoms with Gasteiger partial charge in [-0.15, -0.1) is 0 Å². The van der Waals surface area contributed by atoms with Gasteiger partial charge in [-0.25, -0.2) is 0 Å². The first-order valence-corrected chi connectivity index (χ1v) is 14.4. The van der Waals surface area contributed by atoms with Crippen molar-refractivity contribution in [3.05, 3.63) is 89.6 Å². The number of aryl methyl sites for hydroxylation is 1. The highest BCUT2D eigenvalue weighted by Gasteiger charge is 2.25. The van der Waals surface area contributed by atoms with Gasteiger partial charge in [0.15, 0.2) is 5.76 Å². The number of likely N-dealkylation sites (tertiary alicyclic amines) is 1. The van der Waals surface area contributed by atoms with E-state index < -0.39 is 0 Å². The second-order valence-corrected chi connectivity index (χ2v) is 10.6. The SMILES string of the molecule is Cc1c(COc2ccc3oc(C(=O)N4CCC(O)CC4)cc3c2)oc2cccc(OCCCNCc3cccnc3)c12. The van der Waals surface area contributed by atoms with Crippen LogP contribution >= 0.6 is 0 Å². The number of pyridine rings is 1. The fourth-order valence-corrected chi connectivity index (χ4v) is 5.28. The fraction of sp³-hybridized carbons (Fsp3) is 0.333. The standard InChI is InChI=1S/C33H35N3O6/c1-22-31(42-29-7-2-6-28(32(22)29)39-16-4-13-35-20-23-5-3-12-34-19-23)21-40-26-8-9-27-24(17-26)18-30(41-27)33(38)36-14-10-25(37)11-15-36/h2-3,5-9,12,17-19,25,35,37H,4,10-11,13-16,20-21H2,1H3. The minimum absolute atomic E-state index is 0.155. The number of piperidine rings is 1. The van der Waals surface area contributed by atoms with Crippen molar-refractivity contribution in [1.29, 1.82) is 0 Å². The van der Waals surface area contributed by atoms with Gasteiger partial charge in [-0.05, 0) is 80.8 Å². The van der Waals surface area contributed by atoms with E-state index in [1.165, 1.54) is 0 Å². The van der Waals surface area contributed by atoms with Crippen molar-refractivity contribution >= 4 is 27.8 Å². The maximum Gasteiger partial charge on any atom is 0.289 e. The van der Waals surface area contributed by atoms with Crippen LogP contribution in [0.5, 0.6) is 11.5 Å². The molecule has 0 bridgehead atoms. The molecule has 6 rings (SSSR count). The van der Waals surface area contributed by atoms with Crippen LogP contribution < -0.4 is 14.8 Å². The number of nitrogens with zero attached hydrogens (tertiary/aromatic N) is 2. The molecule has 1 aliphatic rings. The monoisotopic (exact) mass is 569 g/mol. The lowest BCUT2D eigenvalue weighted by molar-refractivity contribution is 0.0522. The number of ether oxygens (including phenoxy) is 2. The van der Waals surface area contributed by atoms with E-state index in [4.69, 9.17) is 18.3 Å². The number of amides is 1. The molecular weight excluding hydrogens is 534 g/mol. The Kier molecular flexibility index (Phi) is 8.39. The zero-order chi connectivity index (χ0) is 28.9. The number of carbonyl (C=O) groups excluding carboxylic acids is 1. The highest BCUT2D eigenvalue weighted by molar-refractivity contribution is 5.96. The number of aliphatic hydroxyl groups is 1. The normalized spacial score (nSPS) is 14.1. The van der Waals surface area contributed by atoms with Gasteiger partial charge in [-0.3, -0.25) is 9.78 Å². The molecule has 9 heteroatoms. The van der Waals surface area contributed by atoms with Crippen LogP contribution in [0.4, 0.5) is 0 Å². The Morgan fingerprint density at radius 2 is 1.95 bits per heavy atom. The fourth-order valence-electron chi connectivity index (χ4n) is 5.28. The van der Waals surface area contributed by atoms with Gasteiger partial charge in [-0.2, -0.15) is 0 Å². The highest BCUT2D eigenvalue weighted by Crippen LogP contribution is 2.34. The van der Waals surface area contributed by atoms with Crippen molar-refractivity contribution in [1.82, 2.24) is 15.2 Å². The summed E-state index contributed by atoms with van der Waals surface area (Å²) in [7, 11) is 0. The highest BCUT2D eigenvalue weighted by atomic mass is 16.5. The molecule has 9 nitrogen and oxygen atoms in total. The van der Waals surface area contributed by atoms with Crippen molar-refractivity contribution in [2.45, 2.75) is 45.4 Å². The predicted octanol–water partition coefficient (Wildman–Crippen LogP) is 5.62. The number of aromatic nitrogens is 1. The molecule has 1 fully saturated rings. The number of carbonyl (C=O) groups is 1. The molecule has 1 aliphatic heterocycles.